The molecule has 0 aliphatic carbocycles. The van der Waals surface area contributed by atoms with E-state index in [0.29, 0.717) is 11.8 Å². The molecule has 6 nitrogen and oxygen atoms in total. The van der Waals surface area contributed by atoms with Crippen molar-refractivity contribution in [3.63, 3.8) is 0 Å². The summed E-state index contributed by atoms with van der Waals surface area (Å²) in [4.78, 5) is 0. The van der Waals surface area contributed by atoms with Gasteiger partial charge in [-0.15, -0.1) is 10.2 Å². The molecule has 0 spiro atoms. The summed E-state index contributed by atoms with van der Waals surface area (Å²) in [6.45, 7) is 8.71. The van der Waals surface area contributed by atoms with Crippen LogP contribution in [0.5, 0.6) is 0 Å². The molecule has 134 valence electrons. The van der Waals surface area contributed by atoms with Gasteiger partial charge in [-0.05, 0) is 36.8 Å². The molecule has 6 heteroatoms. The third-order valence-corrected chi connectivity index (χ3v) is 3.45. The van der Waals surface area contributed by atoms with Gasteiger partial charge in [0.2, 0.25) is 0 Å². The number of rotatable bonds is 5. The Morgan fingerprint density at radius 2 is 1.36 bits per heavy atom. The topological polar surface area (TPSA) is 61.4 Å². The van der Waals surface area contributed by atoms with Crippen LogP contribution in [0, 0.1) is 11.8 Å². The third kappa shape index (κ3) is 6.49. The first-order valence-electron chi connectivity index (χ1n) is 8.76. The molecule has 0 fully saturated rings. The van der Waals surface area contributed by atoms with E-state index in [0.717, 1.165) is 29.9 Å². The number of nitrogens with zero attached hydrogens (tertiary/aromatic N) is 6. The molecule has 0 aliphatic rings. The van der Waals surface area contributed by atoms with Crippen molar-refractivity contribution in [2.24, 2.45) is 18.9 Å². The minimum atomic E-state index is 0.617. The molecule has 0 bridgehead atoms. The lowest BCUT2D eigenvalue weighted by Crippen LogP contribution is -1.94. The highest BCUT2D eigenvalue weighted by Crippen LogP contribution is 2.08. The summed E-state index contributed by atoms with van der Waals surface area (Å²) in [5.74, 6) is 1.28. The highest BCUT2D eigenvalue weighted by Gasteiger charge is 2.04. The van der Waals surface area contributed by atoms with Gasteiger partial charge in [-0.1, -0.05) is 56.3 Å². The van der Waals surface area contributed by atoms with E-state index < -0.39 is 0 Å². The van der Waals surface area contributed by atoms with Crippen LogP contribution >= 0.6 is 0 Å². The first-order chi connectivity index (χ1) is 11.9. The lowest BCUT2D eigenvalue weighted by Gasteiger charge is -1.99. The van der Waals surface area contributed by atoms with Gasteiger partial charge in [0, 0.05) is 13.2 Å². The number of aromatic nitrogens is 6. The van der Waals surface area contributed by atoms with Gasteiger partial charge in [-0.3, -0.25) is 4.68 Å². The lowest BCUT2D eigenvalue weighted by molar-refractivity contribution is 0.633. The van der Waals surface area contributed by atoms with E-state index in [9.17, 15) is 0 Å². The third-order valence-electron chi connectivity index (χ3n) is 3.45. The Bertz CT molecular complexity index is 742. The Kier molecular flexibility index (Phi) is 6.86. The van der Waals surface area contributed by atoms with Crippen LogP contribution in [0.4, 0.5) is 0 Å². The summed E-state index contributed by atoms with van der Waals surface area (Å²) in [6.07, 6.45) is 5.95. The molecule has 2 heterocycles. The first kappa shape index (κ1) is 18.8. The molecular formula is C19H28N6. The molecule has 0 radical (unpaired) electrons. The van der Waals surface area contributed by atoms with Crippen molar-refractivity contribution in [2.45, 2.75) is 40.5 Å². The summed E-state index contributed by atoms with van der Waals surface area (Å²) in [5.41, 5.74) is 3.19. The average molecular weight is 340 g/mol. The van der Waals surface area contributed by atoms with Gasteiger partial charge in [0.05, 0.1) is 23.3 Å². The van der Waals surface area contributed by atoms with Gasteiger partial charge in [0.1, 0.15) is 0 Å². The maximum absolute atomic E-state index is 4.15. The fourth-order valence-electron chi connectivity index (χ4n) is 2.42. The standard InChI is InChI=1S/C12H15N3.C7H13N3/c1-10(2)8-11-9-15(14-13-11)12-6-4-3-5-7-12;1-6(2)4-7-5-10(3)9-8-7/h3-7,9-10H,8H2,1-2H3;5-6H,4H2,1-3H3. The first-order valence-corrected chi connectivity index (χ1v) is 8.76. The summed E-state index contributed by atoms with van der Waals surface area (Å²) in [7, 11) is 1.89. The Morgan fingerprint density at radius 3 is 1.88 bits per heavy atom. The maximum Gasteiger partial charge on any atom is 0.0834 e. The zero-order chi connectivity index (χ0) is 18.2. The number of para-hydroxylation sites is 1. The van der Waals surface area contributed by atoms with Crippen LogP contribution in [0.1, 0.15) is 39.1 Å². The second-order valence-corrected chi connectivity index (χ2v) is 7.07. The predicted molar refractivity (Wildman–Crippen MR) is 99.4 cm³/mol. The second-order valence-electron chi connectivity index (χ2n) is 7.07. The highest BCUT2D eigenvalue weighted by atomic mass is 15.4. The fraction of sp³-hybridized carbons (Fsp3) is 0.474. The summed E-state index contributed by atoms with van der Waals surface area (Å²) in [6, 6.07) is 10.0. The van der Waals surface area contributed by atoms with E-state index in [1.807, 2.05) is 54.5 Å². The largest absolute Gasteiger partial charge is 0.255 e. The van der Waals surface area contributed by atoms with Crippen LogP contribution < -0.4 is 0 Å². The van der Waals surface area contributed by atoms with Crippen molar-refractivity contribution in [3.05, 3.63) is 54.1 Å². The number of aryl methyl sites for hydroxylation is 1. The molecule has 0 N–H and O–H groups in total. The highest BCUT2D eigenvalue weighted by molar-refractivity contribution is 5.29. The van der Waals surface area contributed by atoms with Crippen molar-refractivity contribution in [1.82, 2.24) is 30.0 Å². The molecular weight excluding hydrogens is 312 g/mol. The molecule has 1 aromatic carbocycles. The van der Waals surface area contributed by atoms with Crippen molar-refractivity contribution in [1.29, 1.82) is 0 Å². The van der Waals surface area contributed by atoms with Crippen LogP contribution in [-0.4, -0.2) is 30.0 Å². The Balaban J connectivity index is 0.000000196. The number of benzene rings is 1. The molecule has 25 heavy (non-hydrogen) atoms. The molecule has 3 rings (SSSR count). The van der Waals surface area contributed by atoms with E-state index in [-0.39, 0.29) is 0 Å². The predicted octanol–water partition coefficient (Wildman–Crippen LogP) is 3.48. The fourth-order valence-corrected chi connectivity index (χ4v) is 2.42. The van der Waals surface area contributed by atoms with E-state index >= 15 is 0 Å². The van der Waals surface area contributed by atoms with E-state index in [4.69, 9.17) is 0 Å². The maximum atomic E-state index is 4.15. The quantitative estimate of drug-likeness (QED) is 0.713. The van der Waals surface area contributed by atoms with Crippen LogP contribution in [0.2, 0.25) is 0 Å². The van der Waals surface area contributed by atoms with Crippen molar-refractivity contribution >= 4 is 0 Å². The zero-order valence-corrected chi connectivity index (χ0v) is 15.8. The van der Waals surface area contributed by atoms with Gasteiger partial charge in [0.25, 0.3) is 0 Å². The normalized spacial score (nSPS) is 10.8. The number of hydrogen-bond donors (Lipinski definition) is 0. The molecule has 0 saturated heterocycles. The lowest BCUT2D eigenvalue weighted by atomic mass is 10.1. The van der Waals surface area contributed by atoms with E-state index in [1.165, 1.54) is 0 Å². The molecule has 0 unspecified atom stereocenters. The van der Waals surface area contributed by atoms with Gasteiger partial charge < -0.3 is 0 Å². The summed E-state index contributed by atoms with van der Waals surface area (Å²) >= 11 is 0. The van der Waals surface area contributed by atoms with Crippen molar-refractivity contribution in [2.75, 3.05) is 0 Å². The van der Waals surface area contributed by atoms with Gasteiger partial charge in [-0.25, -0.2) is 4.68 Å². The van der Waals surface area contributed by atoms with E-state index in [2.05, 4.69) is 48.3 Å². The van der Waals surface area contributed by atoms with Crippen LogP contribution in [0.25, 0.3) is 5.69 Å². The smallest absolute Gasteiger partial charge is 0.0834 e. The number of hydrogen-bond acceptors (Lipinski definition) is 4. The van der Waals surface area contributed by atoms with E-state index in [1.54, 1.807) is 4.68 Å². The second kappa shape index (κ2) is 9.11. The Labute approximate surface area is 149 Å². The SMILES string of the molecule is CC(C)Cc1cn(-c2ccccc2)nn1.CC(C)Cc1cn(C)nn1. The summed E-state index contributed by atoms with van der Waals surface area (Å²) < 4.78 is 3.55. The monoisotopic (exact) mass is 340 g/mol. The van der Waals surface area contributed by atoms with Crippen LogP contribution in [0.3, 0.4) is 0 Å². The van der Waals surface area contributed by atoms with Gasteiger partial charge in [-0.2, -0.15) is 0 Å². The molecule has 3 aromatic rings. The minimum Gasteiger partial charge on any atom is -0.255 e. The minimum absolute atomic E-state index is 0.617. The average Bonchev–Trinajstić information content (AvgIpc) is 3.17. The molecule has 0 saturated carbocycles. The molecule has 2 aromatic heterocycles. The van der Waals surface area contributed by atoms with Crippen LogP contribution in [-0.2, 0) is 19.9 Å². The molecule has 0 aliphatic heterocycles. The summed E-state index contributed by atoms with van der Waals surface area (Å²) in [5, 5.41) is 16.1. The van der Waals surface area contributed by atoms with Crippen molar-refractivity contribution in [3.8, 4) is 5.69 Å². The molecule has 0 atom stereocenters. The zero-order valence-electron chi connectivity index (χ0n) is 15.8. The van der Waals surface area contributed by atoms with Gasteiger partial charge in [0.15, 0.2) is 0 Å². The van der Waals surface area contributed by atoms with Crippen LogP contribution in [0.15, 0.2) is 42.7 Å². The van der Waals surface area contributed by atoms with Crippen molar-refractivity contribution < 1.29 is 0 Å². The Morgan fingerprint density at radius 1 is 0.800 bits per heavy atom. The Hall–Kier alpha value is -2.50. The molecule has 0 amide bonds. The van der Waals surface area contributed by atoms with Gasteiger partial charge >= 0.3 is 0 Å².